The van der Waals surface area contributed by atoms with Crippen molar-refractivity contribution in [3.05, 3.63) is 340 Å². The summed E-state index contributed by atoms with van der Waals surface area (Å²) in [5.74, 6) is 0. The van der Waals surface area contributed by atoms with Gasteiger partial charge in [0.25, 0.3) is 0 Å². The molecule has 0 aliphatic heterocycles. The first-order valence-corrected chi connectivity index (χ1v) is 29.6. The lowest BCUT2D eigenvalue weighted by atomic mass is 9.92. The first kappa shape index (κ1) is 50.4. The third kappa shape index (κ3) is 9.09. The van der Waals surface area contributed by atoms with Gasteiger partial charge < -0.3 is 9.80 Å². The molecule has 0 spiro atoms. The van der Waals surface area contributed by atoms with Crippen LogP contribution in [-0.4, -0.2) is 0 Å². The van der Waals surface area contributed by atoms with Crippen LogP contribution < -0.4 is 9.80 Å². The Morgan fingerprint density at radius 3 is 0.512 bits per heavy atom. The highest BCUT2D eigenvalue weighted by molar-refractivity contribution is 6.27. The summed E-state index contributed by atoms with van der Waals surface area (Å²) >= 11 is 0. The van der Waals surface area contributed by atoms with Gasteiger partial charge in [-0.15, -0.1) is 0 Å². The van der Waals surface area contributed by atoms with Crippen LogP contribution in [-0.2, 0) is 0 Å². The molecule has 16 aromatic rings. The number of nitrogens with zero attached hydrogens (tertiary/aromatic N) is 2. The molecule has 0 bridgehead atoms. The van der Waals surface area contributed by atoms with E-state index in [0.29, 0.717) is 0 Å². The smallest absolute Gasteiger partial charge is 0.0462 e. The zero-order valence-corrected chi connectivity index (χ0v) is 47.2. The van der Waals surface area contributed by atoms with Gasteiger partial charge in [-0.25, -0.2) is 0 Å². The molecule has 0 radical (unpaired) electrons. The predicted octanol–water partition coefficient (Wildman–Crippen LogP) is 23.9. The number of hydrogen-bond donors (Lipinski definition) is 0. The highest BCUT2D eigenvalue weighted by atomic mass is 15.1. The van der Waals surface area contributed by atoms with Gasteiger partial charge >= 0.3 is 0 Å². The predicted molar refractivity (Wildman–Crippen MR) is 368 cm³/mol. The van der Waals surface area contributed by atoms with Gasteiger partial charge in [-0.05, 0) is 205 Å². The number of hydrogen-bond acceptors (Lipinski definition) is 2. The molecular formula is C84H56N2. The summed E-state index contributed by atoms with van der Waals surface area (Å²) in [4.78, 5) is 4.73. The standard InChI is InChI=1S/C84H56N2/c1-3-15-57(16-4-1)59-27-41-67(42-28-59)85(71-49-35-63(36-50-71)65-39-53-81-77-23-9-7-19-73(77)75-21-11-13-25-79(75)83(81)55-65)69-45-31-61(32-46-69)62-33-47-70(48-34-62)86(68-43-29-60(30-44-68)58-17-5-2-6-18-58)72-51-37-64(38-52-72)66-40-54-82-78-24-10-8-20-74(78)76-22-12-14-26-80(76)84(82)56-66/h1-56H. The molecule has 0 aromatic heterocycles. The minimum atomic E-state index is 1.08. The van der Waals surface area contributed by atoms with Crippen LogP contribution in [0.3, 0.4) is 0 Å². The fourth-order valence-corrected chi connectivity index (χ4v) is 13.1. The monoisotopic (exact) mass is 1090 g/mol. The lowest BCUT2D eigenvalue weighted by molar-refractivity contribution is 1.28. The molecule has 0 saturated heterocycles. The Hall–Kier alpha value is -11.3. The topological polar surface area (TPSA) is 6.48 Å². The Kier molecular flexibility index (Phi) is 12.6. The molecule has 0 atom stereocenters. The largest absolute Gasteiger partial charge is 0.311 e. The van der Waals surface area contributed by atoms with Crippen LogP contribution in [0.1, 0.15) is 0 Å². The molecule has 0 heterocycles. The van der Waals surface area contributed by atoms with E-state index < -0.39 is 0 Å². The van der Waals surface area contributed by atoms with Crippen LogP contribution in [0, 0.1) is 0 Å². The van der Waals surface area contributed by atoms with Crippen molar-refractivity contribution in [2.45, 2.75) is 0 Å². The van der Waals surface area contributed by atoms with E-state index in [1.165, 1.54) is 109 Å². The Bertz CT molecular complexity index is 4750. The summed E-state index contributed by atoms with van der Waals surface area (Å²) in [5.41, 5.74) is 18.3. The van der Waals surface area contributed by atoms with Gasteiger partial charge in [-0.2, -0.15) is 0 Å². The fraction of sp³-hybridized carbons (Fsp3) is 0. The second-order valence-electron chi connectivity index (χ2n) is 22.4. The summed E-state index contributed by atoms with van der Waals surface area (Å²) in [5, 5.41) is 15.4. The third-order valence-corrected chi connectivity index (χ3v) is 17.5. The van der Waals surface area contributed by atoms with Crippen molar-refractivity contribution in [1.82, 2.24) is 0 Å². The molecule has 2 heteroatoms. The van der Waals surface area contributed by atoms with Crippen molar-refractivity contribution >= 4 is 98.8 Å². The molecule has 0 amide bonds. The van der Waals surface area contributed by atoms with E-state index in [1.807, 2.05) is 0 Å². The van der Waals surface area contributed by atoms with E-state index in [-0.39, 0.29) is 0 Å². The molecule has 0 aliphatic rings. The van der Waals surface area contributed by atoms with E-state index in [4.69, 9.17) is 0 Å². The number of rotatable bonds is 11. The maximum atomic E-state index is 2.37. The van der Waals surface area contributed by atoms with Crippen LogP contribution in [0.15, 0.2) is 340 Å². The molecule has 0 saturated carbocycles. The summed E-state index contributed by atoms with van der Waals surface area (Å²) < 4.78 is 0. The van der Waals surface area contributed by atoms with Crippen molar-refractivity contribution in [2.24, 2.45) is 0 Å². The minimum absolute atomic E-state index is 1.08. The van der Waals surface area contributed by atoms with Crippen molar-refractivity contribution in [3.63, 3.8) is 0 Å². The SMILES string of the molecule is c1ccc(-c2ccc(N(c3ccc(-c4ccc(N(c5ccc(-c6ccccc6)cc5)c5ccc(-c6ccc7c8ccccc8c8ccccc8c7c6)cc5)cc4)cc3)c3ccc(-c4ccc5c6ccccc6c6ccccc6c5c4)cc3)cc2)cc1. The van der Waals surface area contributed by atoms with Gasteiger partial charge in [-0.3, -0.25) is 0 Å². The number of benzene rings is 16. The van der Waals surface area contributed by atoms with Crippen LogP contribution in [0.4, 0.5) is 34.1 Å². The quantitative estimate of drug-likeness (QED) is 0.119. The third-order valence-electron chi connectivity index (χ3n) is 17.5. The van der Waals surface area contributed by atoms with Gasteiger partial charge in [0, 0.05) is 34.1 Å². The lowest BCUT2D eigenvalue weighted by Crippen LogP contribution is -2.10. The molecule has 0 unspecified atom stereocenters. The Labute approximate surface area is 501 Å². The van der Waals surface area contributed by atoms with Crippen molar-refractivity contribution in [1.29, 1.82) is 0 Å². The van der Waals surface area contributed by atoms with Gasteiger partial charge in [0.1, 0.15) is 0 Å². The maximum absolute atomic E-state index is 2.37. The zero-order chi connectivity index (χ0) is 56.9. The average Bonchev–Trinajstić information content (AvgIpc) is 1.42. The molecule has 0 fully saturated rings. The summed E-state index contributed by atoms with van der Waals surface area (Å²) in [6, 6.07) is 124. The second-order valence-corrected chi connectivity index (χ2v) is 22.4. The van der Waals surface area contributed by atoms with E-state index in [9.17, 15) is 0 Å². The molecule has 16 aromatic carbocycles. The van der Waals surface area contributed by atoms with E-state index in [1.54, 1.807) is 0 Å². The molecule has 0 aliphatic carbocycles. The Balaban J connectivity index is 0.724. The van der Waals surface area contributed by atoms with Crippen LogP contribution in [0.25, 0.3) is 120 Å². The van der Waals surface area contributed by atoms with Crippen molar-refractivity contribution in [3.8, 4) is 55.6 Å². The van der Waals surface area contributed by atoms with E-state index in [2.05, 4.69) is 350 Å². The fourth-order valence-electron chi connectivity index (χ4n) is 13.1. The molecule has 0 N–H and O–H groups in total. The van der Waals surface area contributed by atoms with Gasteiger partial charge in [0.05, 0.1) is 0 Å². The van der Waals surface area contributed by atoms with Gasteiger partial charge in [0.15, 0.2) is 0 Å². The zero-order valence-electron chi connectivity index (χ0n) is 47.2. The molecule has 402 valence electrons. The van der Waals surface area contributed by atoms with Crippen LogP contribution in [0.2, 0.25) is 0 Å². The molecule has 16 rings (SSSR count). The first-order chi connectivity index (χ1) is 42.6. The highest BCUT2D eigenvalue weighted by Crippen LogP contribution is 2.43. The molecule has 86 heavy (non-hydrogen) atoms. The number of fused-ring (bicyclic) bond motifs is 12. The second kappa shape index (κ2) is 21.5. The van der Waals surface area contributed by atoms with E-state index in [0.717, 1.165) is 45.3 Å². The summed E-state index contributed by atoms with van der Waals surface area (Å²) in [6.45, 7) is 0. The Morgan fingerprint density at radius 2 is 0.279 bits per heavy atom. The number of anilines is 6. The minimum Gasteiger partial charge on any atom is -0.311 e. The molecular weight excluding hydrogens is 1040 g/mol. The lowest BCUT2D eigenvalue weighted by Gasteiger charge is -2.27. The van der Waals surface area contributed by atoms with E-state index >= 15 is 0 Å². The van der Waals surface area contributed by atoms with Crippen molar-refractivity contribution < 1.29 is 0 Å². The highest BCUT2D eigenvalue weighted by Gasteiger charge is 2.18. The summed E-state index contributed by atoms with van der Waals surface area (Å²) in [6.07, 6.45) is 0. The average molecular weight is 1090 g/mol. The van der Waals surface area contributed by atoms with Crippen molar-refractivity contribution in [2.75, 3.05) is 9.80 Å². The van der Waals surface area contributed by atoms with Crippen LogP contribution in [0.5, 0.6) is 0 Å². The molecule has 2 nitrogen and oxygen atoms in total. The van der Waals surface area contributed by atoms with Gasteiger partial charge in [0.2, 0.25) is 0 Å². The first-order valence-electron chi connectivity index (χ1n) is 29.6. The normalized spacial score (nSPS) is 11.5. The van der Waals surface area contributed by atoms with Crippen LogP contribution >= 0.6 is 0 Å². The van der Waals surface area contributed by atoms with Gasteiger partial charge in [-0.1, -0.05) is 255 Å². The summed E-state index contributed by atoms with van der Waals surface area (Å²) in [7, 11) is 0. The maximum Gasteiger partial charge on any atom is 0.0462 e. The Morgan fingerprint density at radius 1 is 0.116 bits per heavy atom.